The minimum absolute atomic E-state index is 0.125. The van der Waals surface area contributed by atoms with Crippen molar-refractivity contribution in [2.45, 2.75) is 26.3 Å². The molecule has 2 aliphatic heterocycles. The topological polar surface area (TPSA) is 79.3 Å². The van der Waals surface area contributed by atoms with Gasteiger partial charge in [0, 0.05) is 31.7 Å². The molecule has 7 heteroatoms. The van der Waals surface area contributed by atoms with Crippen LogP contribution in [0.2, 0.25) is 0 Å². The Labute approximate surface area is 212 Å². The number of rotatable bonds is 9. The molecule has 190 valence electrons. The maximum Gasteiger partial charge on any atom is 0.295 e. The van der Waals surface area contributed by atoms with E-state index in [9.17, 15) is 14.7 Å². The summed E-state index contributed by atoms with van der Waals surface area (Å²) in [7, 11) is 0. The fourth-order valence-corrected chi connectivity index (χ4v) is 4.78. The third-order valence-corrected chi connectivity index (χ3v) is 6.73. The quantitative estimate of drug-likeness (QED) is 0.248. The minimum atomic E-state index is -0.678. The molecular weight excluding hydrogens is 456 g/mol. The van der Waals surface area contributed by atoms with Crippen molar-refractivity contribution >= 4 is 17.4 Å². The fourth-order valence-electron chi connectivity index (χ4n) is 4.78. The van der Waals surface area contributed by atoms with Crippen LogP contribution in [-0.2, 0) is 14.3 Å². The second-order valence-electron chi connectivity index (χ2n) is 9.29. The molecule has 1 amide bonds. The summed E-state index contributed by atoms with van der Waals surface area (Å²) in [6.45, 7) is 12.2. The SMILES string of the molecule is C=CCOc1ccc([C@@H]2C(=C(O)c3cc(C)ccc3C)C(=O)C(=O)N2CCCN2CCOCC2)cc1. The van der Waals surface area contributed by atoms with Crippen molar-refractivity contribution in [2.24, 2.45) is 0 Å². The normalized spacial score (nSPS) is 20.1. The number of carbonyl (C=O) groups excluding carboxylic acids is 2. The van der Waals surface area contributed by atoms with E-state index in [2.05, 4.69) is 11.5 Å². The van der Waals surface area contributed by atoms with Crippen LogP contribution in [0, 0.1) is 13.8 Å². The Bertz CT molecular complexity index is 1150. The van der Waals surface area contributed by atoms with Gasteiger partial charge in [-0.25, -0.2) is 0 Å². The lowest BCUT2D eigenvalue weighted by atomic mass is 9.93. The van der Waals surface area contributed by atoms with Gasteiger partial charge in [0.25, 0.3) is 11.7 Å². The summed E-state index contributed by atoms with van der Waals surface area (Å²) in [4.78, 5) is 30.4. The van der Waals surface area contributed by atoms with Crippen molar-refractivity contribution in [1.82, 2.24) is 9.80 Å². The van der Waals surface area contributed by atoms with Crippen LogP contribution in [0.5, 0.6) is 5.75 Å². The predicted molar refractivity (Wildman–Crippen MR) is 139 cm³/mol. The molecule has 0 aliphatic carbocycles. The molecule has 0 aromatic heterocycles. The zero-order valence-electron chi connectivity index (χ0n) is 21.0. The zero-order valence-corrected chi connectivity index (χ0v) is 21.0. The number of aliphatic hydroxyl groups is 1. The van der Waals surface area contributed by atoms with Gasteiger partial charge >= 0.3 is 0 Å². The molecule has 2 aliphatic rings. The Hall–Kier alpha value is -3.42. The first-order chi connectivity index (χ1) is 17.4. The third-order valence-electron chi connectivity index (χ3n) is 6.73. The number of amides is 1. The van der Waals surface area contributed by atoms with Crippen LogP contribution in [0.25, 0.3) is 5.76 Å². The summed E-state index contributed by atoms with van der Waals surface area (Å²) in [5.41, 5.74) is 3.24. The van der Waals surface area contributed by atoms with Crippen molar-refractivity contribution in [3.63, 3.8) is 0 Å². The predicted octanol–water partition coefficient (Wildman–Crippen LogP) is 4.01. The van der Waals surface area contributed by atoms with Crippen LogP contribution in [0.3, 0.4) is 0 Å². The Balaban J connectivity index is 1.69. The highest BCUT2D eigenvalue weighted by molar-refractivity contribution is 6.46. The third kappa shape index (κ3) is 5.53. The molecule has 2 fully saturated rings. The van der Waals surface area contributed by atoms with Crippen LogP contribution in [0.1, 0.15) is 34.7 Å². The van der Waals surface area contributed by atoms with Crippen molar-refractivity contribution in [3.8, 4) is 5.75 Å². The standard InChI is InChI=1S/C29H34N2O5/c1-4-16-36-23-10-8-22(9-11-23)26-25(27(32)24-19-20(2)6-7-21(24)3)28(33)29(34)31(26)13-5-12-30-14-17-35-18-15-30/h4,6-11,19,26,32H,1,5,12-18H2,2-3H3/t26-/m1/s1. The lowest BCUT2D eigenvalue weighted by Gasteiger charge is -2.29. The molecule has 4 rings (SSSR count). The lowest BCUT2D eigenvalue weighted by Crippen LogP contribution is -2.38. The van der Waals surface area contributed by atoms with E-state index < -0.39 is 17.7 Å². The highest BCUT2D eigenvalue weighted by Crippen LogP contribution is 2.40. The number of aliphatic hydroxyl groups excluding tert-OH is 1. The van der Waals surface area contributed by atoms with Gasteiger partial charge in [-0.05, 0) is 49.6 Å². The molecule has 0 radical (unpaired) electrons. The number of nitrogens with zero attached hydrogens (tertiary/aromatic N) is 2. The molecule has 7 nitrogen and oxygen atoms in total. The summed E-state index contributed by atoms with van der Waals surface area (Å²) >= 11 is 0. The minimum Gasteiger partial charge on any atom is -0.507 e. The van der Waals surface area contributed by atoms with Crippen molar-refractivity contribution in [2.75, 3.05) is 46.0 Å². The van der Waals surface area contributed by atoms with Gasteiger partial charge in [0.05, 0.1) is 24.8 Å². The maximum absolute atomic E-state index is 13.3. The number of carbonyl (C=O) groups is 2. The second kappa shape index (κ2) is 11.5. The number of hydrogen-bond donors (Lipinski definition) is 1. The molecule has 0 unspecified atom stereocenters. The smallest absolute Gasteiger partial charge is 0.295 e. The number of ketones is 1. The average molecular weight is 491 g/mol. The summed E-state index contributed by atoms with van der Waals surface area (Å²) in [6, 6.07) is 12.3. The van der Waals surface area contributed by atoms with Crippen molar-refractivity contribution < 1.29 is 24.2 Å². The van der Waals surface area contributed by atoms with E-state index in [1.54, 1.807) is 11.0 Å². The van der Waals surface area contributed by atoms with Gasteiger partial charge in [-0.15, -0.1) is 0 Å². The first-order valence-corrected chi connectivity index (χ1v) is 12.4. The second-order valence-corrected chi connectivity index (χ2v) is 9.29. The molecule has 2 heterocycles. The molecule has 0 bridgehead atoms. The molecule has 0 saturated carbocycles. The number of likely N-dealkylation sites (tertiary alicyclic amines) is 1. The Morgan fingerprint density at radius 1 is 1.11 bits per heavy atom. The van der Waals surface area contributed by atoms with Crippen molar-refractivity contribution in [3.05, 3.63) is 82.9 Å². The zero-order chi connectivity index (χ0) is 25.7. The van der Waals surface area contributed by atoms with Gasteiger partial charge in [0.15, 0.2) is 0 Å². The Kier molecular flexibility index (Phi) is 8.23. The van der Waals surface area contributed by atoms with E-state index in [0.29, 0.717) is 44.1 Å². The van der Waals surface area contributed by atoms with Gasteiger partial charge < -0.3 is 19.5 Å². The van der Waals surface area contributed by atoms with E-state index in [-0.39, 0.29) is 11.3 Å². The van der Waals surface area contributed by atoms with Gasteiger partial charge in [-0.2, -0.15) is 0 Å². The largest absolute Gasteiger partial charge is 0.507 e. The van der Waals surface area contributed by atoms with E-state index in [4.69, 9.17) is 9.47 Å². The van der Waals surface area contributed by atoms with E-state index in [1.807, 2.05) is 56.3 Å². The van der Waals surface area contributed by atoms with Crippen LogP contribution >= 0.6 is 0 Å². The lowest BCUT2D eigenvalue weighted by molar-refractivity contribution is -0.140. The first-order valence-electron chi connectivity index (χ1n) is 12.4. The monoisotopic (exact) mass is 490 g/mol. The molecule has 0 spiro atoms. The molecule has 2 aromatic rings. The van der Waals surface area contributed by atoms with E-state index in [1.165, 1.54) is 0 Å². The Morgan fingerprint density at radius 2 is 1.83 bits per heavy atom. The molecule has 36 heavy (non-hydrogen) atoms. The highest BCUT2D eigenvalue weighted by atomic mass is 16.5. The fraction of sp³-hybridized carbons (Fsp3) is 0.379. The number of hydrogen-bond acceptors (Lipinski definition) is 6. The van der Waals surface area contributed by atoms with Crippen LogP contribution in [0.4, 0.5) is 0 Å². The van der Waals surface area contributed by atoms with Gasteiger partial charge in [-0.1, -0.05) is 42.5 Å². The number of aryl methyl sites for hydroxylation is 2. The molecule has 1 atom stereocenters. The summed E-state index contributed by atoms with van der Waals surface area (Å²) in [5.74, 6) is -0.711. The number of Topliss-reactive ketones (excluding diaryl/α,β-unsaturated/α-hetero) is 1. The first kappa shape index (κ1) is 25.7. The van der Waals surface area contributed by atoms with Crippen LogP contribution in [0.15, 0.2) is 60.7 Å². The maximum atomic E-state index is 13.3. The van der Waals surface area contributed by atoms with Crippen LogP contribution < -0.4 is 4.74 Å². The van der Waals surface area contributed by atoms with Crippen molar-refractivity contribution in [1.29, 1.82) is 0 Å². The summed E-state index contributed by atoms with van der Waals surface area (Å²) < 4.78 is 11.0. The van der Waals surface area contributed by atoms with Gasteiger partial charge in [-0.3, -0.25) is 14.5 Å². The summed E-state index contributed by atoms with van der Waals surface area (Å²) in [6.07, 6.45) is 2.38. The summed E-state index contributed by atoms with van der Waals surface area (Å²) in [5, 5.41) is 11.4. The molecule has 1 N–H and O–H groups in total. The van der Waals surface area contributed by atoms with Gasteiger partial charge in [0.2, 0.25) is 0 Å². The Morgan fingerprint density at radius 3 is 2.53 bits per heavy atom. The van der Waals surface area contributed by atoms with Crippen LogP contribution in [-0.4, -0.2) is 72.6 Å². The molecular formula is C29H34N2O5. The average Bonchev–Trinajstić information content (AvgIpc) is 3.14. The van der Waals surface area contributed by atoms with Gasteiger partial charge in [0.1, 0.15) is 18.1 Å². The van der Waals surface area contributed by atoms with E-state index >= 15 is 0 Å². The number of benzene rings is 2. The van der Waals surface area contributed by atoms with E-state index in [0.717, 1.165) is 36.3 Å². The highest BCUT2D eigenvalue weighted by Gasteiger charge is 2.46. The molecule has 2 saturated heterocycles. The number of morpholine rings is 1. The number of ether oxygens (including phenoxy) is 2. The molecule has 2 aromatic carbocycles.